The largest absolute Gasteiger partial charge is 0.497 e. The van der Waals surface area contributed by atoms with E-state index >= 15 is 0 Å². The summed E-state index contributed by atoms with van der Waals surface area (Å²) in [4.78, 5) is 17.8. The summed E-state index contributed by atoms with van der Waals surface area (Å²) >= 11 is 0. The molecule has 0 unspecified atom stereocenters. The molecule has 0 radical (unpaired) electrons. The standard InChI is InChI=1S/C24H19NO3/c1-27-17-12-13-20(22(14-17)28-2)24(26)23-19-11-7-6-10-18(19)21(15-25-23)16-8-4-3-5-9-16/h3-15H,1-2H3. The number of hydrogen-bond acceptors (Lipinski definition) is 4. The van der Waals surface area contributed by atoms with Crippen LogP contribution < -0.4 is 9.47 Å². The van der Waals surface area contributed by atoms with E-state index in [2.05, 4.69) is 4.98 Å². The number of benzene rings is 3. The molecule has 1 heterocycles. The average molecular weight is 369 g/mol. The fraction of sp³-hybridized carbons (Fsp3) is 0.0833. The fourth-order valence-electron chi connectivity index (χ4n) is 3.34. The SMILES string of the molecule is COc1ccc(C(=O)c2ncc(-c3ccccc3)c3ccccc23)c(OC)c1. The Morgan fingerprint density at radius 3 is 2.25 bits per heavy atom. The highest BCUT2D eigenvalue weighted by molar-refractivity contribution is 6.17. The molecule has 0 fully saturated rings. The first-order valence-electron chi connectivity index (χ1n) is 8.93. The summed E-state index contributed by atoms with van der Waals surface area (Å²) in [6, 6.07) is 23.0. The van der Waals surface area contributed by atoms with Crippen molar-refractivity contribution in [2.24, 2.45) is 0 Å². The van der Waals surface area contributed by atoms with Gasteiger partial charge in [-0.2, -0.15) is 0 Å². The van der Waals surface area contributed by atoms with Crippen molar-refractivity contribution < 1.29 is 14.3 Å². The van der Waals surface area contributed by atoms with Crippen molar-refractivity contribution in [1.82, 2.24) is 4.98 Å². The third kappa shape index (κ3) is 3.09. The van der Waals surface area contributed by atoms with E-state index in [-0.39, 0.29) is 5.78 Å². The van der Waals surface area contributed by atoms with Crippen molar-refractivity contribution in [2.45, 2.75) is 0 Å². The first-order chi connectivity index (χ1) is 13.7. The van der Waals surface area contributed by atoms with E-state index in [0.29, 0.717) is 22.8 Å². The Balaban J connectivity index is 1.88. The Hall–Kier alpha value is -3.66. The van der Waals surface area contributed by atoms with Crippen LogP contribution in [0.4, 0.5) is 0 Å². The molecule has 0 bridgehead atoms. The number of methoxy groups -OCH3 is 2. The molecule has 0 amide bonds. The van der Waals surface area contributed by atoms with Crippen molar-refractivity contribution in [2.75, 3.05) is 14.2 Å². The van der Waals surface area contributed by atoms with Gasteiger partial charge in [-0.25, -0.2) is 0 Å². The number of aromatic nitrogens is 1. The van der Waals surface area contributed by atoms with Crippen LogP contribution in [0.25, 0.3) is 21.9 Å². The molecule has 0 aliphatic carbocycles. The molecule has 138 valence electrons. The zero-order chi connectivity index (χ0) is 19.5. The van der Waals surface area contributed by atoms with E-state index in [1.54, 1.807) is 31.5 Å². The number of hydrogen-bond donors (Lipinski definition) is 0. The van der Waals surface area contributed by atoms with E-state index < -0.39 is 0 Å². The molecule has 0 aliphatic heterocycles. The van der Waals surface area contributed by atoms with Crippen molar-refractivity contribution in [3.05, 3.63) is 90.3 Å². The van der Waals surface area contributed by atoms with Crippen LogP contribution in [0.5, 0.6) is 11.5 Å². The van der Waals surface area contributed by atoms with Crippen LogP contribution in [-0.2, 0) is 0 Å². The molecule has 0 saturated carbocycles. The van der Waals surface area contributed by atoms with Crippen LogP contribution in [0.3, 0.4) is 0 Å². The Labute approximate surface area is 163 Å². The Morgan fingerprint density at radius 1 is 0.821 bits per heavy atom. The molecule has 4 rings (SSSR count). The van der Waals surface area contributed by atoms with E-state index in [1.165, 1.54) is 7.11 Å². The van der Waals surface area contributed by atoms with E-state index in [9.17, 15) is 4.79 Å². The lowest BCUT2D eigenvalue weighted by atomic mass is 9.96. The zero-order valence-electron chi connectivity index (χ0n) is 15.7. The van der Waals surface area contributed by atoms with Gasteiger partial charge in [-0.3, -0.25) is 9.78 Å². The number of pyridine rings is 1. The number of carbonyl (C=O) groups excluding carboxylic acids is 1. The molecule has 0 saturated heterocycles. The summed E-state index contributed by atoms with van der Waals surface area (Å²) in [7, 11) is 3.11. The van der Waals surface area contributed by atoms with Gasteiger partial charge in [0.2, 0.25) is 5.78 Å². The molecule has 4 nitrogen and oxygen atoms in total. The number of ketones is 1. The van der Waals surface area contributed by atoms with Crippen LogP contribution in [0.15, 0.2) is 79.0 Å². The molecule has 28 heavy (non-hydrogen) atoms. The average Bonchev–Trinajstić information content (AvgIpc) is 2.78. The van der Waals surface area contributed by atoms with E-state index in [1.807, 2.05) is 54.6 Å². The van der Waals surface area contributed by atoms with Gasteiger partial charge in [0.05, 0.1) is 19.8 Å². The maximum atomic E-state index is 13.3. The van der Waals surface area contributed by atoms with Crippen LogP contribution in [0, 0.1) is 0 Å². The number of rotatable bonds is 5. The van der Waals surface area contributed by atoms with Crippen molar-refractivity contribution in [3.63, 3.8) is 0 Å². The van der Waals surface area contributed by atoms with Gasteiger partial charge in [0.15, 0.2) is 0 Å². The highest BCUT2D eigenvalue weighted by atomic mass is 16.5. The lowest BCUT2D eigenvalue weighted by Crippen LogP contribution is -2.07. The molecule has 3 aromatic carbocycles. The minimum absolute atomic E-state index is 0.185. The van der Waals surface area contributed by atoms with Gasteiger partial charge in [-0.05, 0) is 23.1 Å². The predicted octanol–water partition coefficient (Wildman–Crippen LogP) is 5.15. The molecule has 0 N–H and O–H groups in total. The smallest absolute Gasteiger partial charge is 0.215 e. The topological polar surface area (TPSA) is 48.4 Å². The van der Waals surface area contributed by atoms with Crippen LogP contribution in [0.2, 0.25) is 0 Å². The third-order valence-corrected chi connectivity index (χ3v) is 4.75. The zero-order valence-corrected chi connectivity index (χ0v) is 15.7. The second-order valence-corrected chi connectivity index (χ2v) is 6.33. The number of fused-ring (bicyclic) bond motifs is 1. The molecule has 1 aromatic heterocycles. The Kier molecular flexibility index (Phi) is 4.77. The summed E-state index contributed by atoms with van der Waals surface area (Å²) in [5, 5.41) is 1.80. The van der Waals surface area contributed by atoms with Gasteiger partial charge in [0.1, 0.15) is 17.2 Å². The summed E-state index contributed by atoms with van der Waals surface area (Å²) < 4.78 is 10.6. The van der Waals surface area contributed by atoms with Gasteiger partial charge in [0.25, 0.3) is 0 Å². The van der Waals surface area contributed by atoms with Crippen molar-refractivity contribution >= 4 is 16.6 Å². The van der Waals surface area contributed by atoms with E-state index in [4.69, 9.17) is 9.47 Å². The van der Waals surface area contributed by atoms with Gasteiger partial charge in [0, 0.05) is 23.2 Å². The fourth-order valence-corrected chi connectivity index (χ4v) is 3.34. The van der Waals surface area contributed by atoms with Crippen LogP contribution in [-0.4, -0.2) is 25.0 Å². The van der Waals surface area contributed by atoms with Crippen LogP contribution in [0.1, 0.15) is 16.1 Å². The maximum absolute atomic E-state index is 13.3. The molecule has 4 heteroatoms. The Bertz CT molecular complexity index is 1150. The molecule has 0 aliphatic rings. The monoisotopic (exact) mass is 369 g/mol. The summed E-state index contributed by atoms with van der Waals surface area (Å²) in [6.07, 6.45) is 1.76. The summed E-state index contributed by atoms with van der Waals surface area (Å²) in [5.41, 5.74) is 2.91. The molecule has 0 atom stereocenters. The molecule has 4 aromatic rings. The highest BCUT2D eigenvalue weighted by Crippen LogP contribution is 2.32. The van der Waals surface area contributed by atoms with Crippen molar-refractivity contribution in [3.8, 4) is 22.6 Å². The number of ether oxygens (including phenoxy) is 2. The lowest BCUT2D eigenvalue weighted by molar-refractivity contribution is 0.103. The first-order valence-corrected chi connectivity index (χ1v) is 8.93. The second kappa shape index (κ2) is 7.53. The molecular weight excluding hydrogens is 350 g/mol. The second-order valence-electron chi connectivity index (χ2n) is 6.33. The number of nitrogens with zero attached hydrogens (tertiary/aromatic N) is 1. The normalized spacial score (nSPS) is 10.6. The van der Waals surface area contributed by atoms with Gasteiger partial charge in [-0.1, -0.05) is 54.6 Å². The summed E-state index contributed by atoms with van der Waals surface area (Å²) in [5.74, 6) is 0.906. The maximum Gasteiger partial charge on any atom is 0.215 e. The third-order valence-electron chi connectivity index (χ3n) is 4.75. The van der Waals surface area contributed by atoms with Gasteiger partial charge < -0.3 is 9.47 Å². The predicted molar refractivity (Wildman–Crippen MR) is 110 cm³/mol. The minimum Gasteiger partial charge on any atom is -0.497 e. The van der Waals surface area contributed by atoms with Gasteiger partial charge >= 0.3 is 0 Å². The molecule has 0 spiro atoms. The van der Waals surface area contributed by atoms with Crippen LogP contribution >= 0.6 is 0 Å². The minimum atomic E-state index is -0.185. The first kappa shape index (κ1) is 17.7. The Morgan fingerprint density at radius 2 is 1.54 bits per heavy atom. The number of carbonyl (C=O) groups is 1. The van der Waals surface area contributed by atoms with E-state index in [0.717, 1.165) is 21.9 Å². The lowest BCUT2D eigenvalue weighted by Gasteiger charge is -2.12. The highest BCUT2D eigenvalue weighted by Gasteiger charge is 2.20. The quantitative estimate of drug-likeness (QED) is 0.457. The van der Waals surface area contributed by atoms with Gasteiger partial charge in [-0.15, -0.1) is 0 Å². The summed E-state index contributed by atoms with van der Waals surface area (Å²) in [6.45, 7) is 0. The van der Waals surface area contributed by atoms with Crippen molar-refractivity contribution in [1.29, 1.82) is 0 Å². The molecular formula is C24H19NO3.